The highest BCUT2D eigenvalue weighted by Crippen LogP contribution is 2.35. The topological polar surface area (TPSA) is 29.5 Å². The molecule has 1 fully saturated rings. The van der Waals surface area contributed by atoms with Crippen LogP contribution in [0.25, 0.3) is 0 Å². The molecule has 7 heteroatoms. The van der Waals surface area contributed by atoms with Crippen LogP contribution in [-0.4, -0.2) is 24.1 Å². The van der Waals surface area contributed by atoms with E-state index < -0.39 is 5.82 Å². The van der Waals surface area contributed by atoms with E-state index in [1.54, 1.807) is 35.2 Å². The quantitative estimate of drug-likeness (QED) is 0.702. The number of thioether (sulfide) groups is 1. The zero-order valence-corrected chi connectivity index (χ0v) is 15.1. The van der Waals surface area contributed by atoms with Gasteiger partial charge in [0, 0.05) is 21.5 Å². The average Bonchev–Trinajstić information content (AvgIpc) is 2.89. The Kier molecular flexibility index (Phi) is 5.23. The molecule has 1 atom stereocenters. The Morgan fingerprint density at radius 1 is 1.25 bits per heavy atom. The molecule has 0 unspecified atom stereocenters. The van der Waals surface area contributed by atoms with Gasteiger partial charge in [-0.3, -0.25) is 9.69 Å². The summed E-state index contributed by atoms with van der Waals surface area (Å²) in [6.07, 6.45) is 0.583. The van der Waals surface area contributed by atoms with E-state index in [4.69, 9.17) is 27.9 Å². The molecular formula is C17H14Cl2FNO2S. The summed E-state index contributed by atoms with van der Waals surface area (Å²) >= 11 is 13.4. The van der Waals surface area contributed by atoms with E-state index in [1.165, 1.54) is 24.9 Å². The Bertz CT molecular complexity index is 767. The fraction of sp³-hybridized carbons (Fsp3) is 0.235. The number of ether oxygens (including phenoxy) is 1. The third kappa shape index (κ3) is 3.63. The normalized spacial score (nSPS) is 17.4. The first-order valence-electron chi connectivity index (χ1n) is 7.22. The van der Waals surface area contributed by atoms with Crippen molar-refractivity contribution < 1.29 is 13.9 Å². The molecule has 1 aliphatic rings. The first-order valence-corrected chi connectivity index (χ1v) is 8.96. The third-order valence-corrected chi connectivity index (χ3v) is 5.20. The number of carbonyl (C=O) groups excluding carboxylic acids is 1. The molecule has 0 bridgehead atoms. The van der Waals surface area contributed by atoms with Crippen LogP contribution in [0.4, 0.5) is 14.9 Å². The highest BCUT2D eigenvalue weighted by atomic mass is 35.5. The fourth-order valence-electron chi connectivity index (χ4n) is 2.71. The molecule has 1 amide bonds. The number of rotatable bonds is 4. The van der Waals surface area contributed by atoms with Crippen molar-refractivity contribution in [3.05, 3.63) is 57.8 Å². The van der Waals surface area contributed by atoms with Gasteiger partial charge in [0.05, 0.1) is 13.2 Å². The molecule has 3 nitrogen and oxygen atoms in total. The third-order valence-electron chi connectivity index (χ3n) is 3.77. The van der Waals surface area contributed by atoms with E-state index in [-0.39, 0.29) is 17.0 Å². The second-order valence-electron chi connectivity index (χ2n) is 5.40. The molecule has 0 aliphatic carbocycles. The number of amides is 1. The van der Waals surface area contributed by atoms with Crippen LogP contribution in [0.2, 0.25) is 10.0 Å². The summed E-state index contributed by atoms with van der Waals surface area (Å²) in [5, 5.41) is 0.904. The molecule has 0 spiro atoms. The zero-order valence-electron chi connectivity index (χ0n) is 12.8. The number of hydrogen-bond donors (Lipinski definition) is 0. The fourth-order valence-corrected chi connectivity index (χ4v) is 4.22. The lowest BCUT2D eigenvalue weighted by molar-refractivity contribution is 0.265. The second kappa shape index (κ2) is 7.21. The maximum atomic E-state index is 13.6. The molecule has 1 aliphatic heterocycles. The maximum absolute atomic E-state index is 13.6. The minimum Gasteiger partial charge on any atom is -0.494 e. The summed E-state index contributed by atoms with van der Waals surface area (Å²) in [6.45, 7) is 0. The van der Waals surface area contributed by atoms with Crippen molar-refractivity contribution in [3.8, 4) is 5.75 Å². The van der Waals surface area contributed by atoms with Gasteiger partial charge in [-0.25, -0.2) is 4.39 Å². The van der Waals surface area contributed by atoms with E-state index in [0.717, 1.165) is 5.56 Å². The lowest BCUT2D eigenvalue weighted by atomic mass is 10.0. The summed E-state index contributed by atoms with van der Waals surface area (Å²) < 4.78 is 18.6. The molecule has 3 rings (SSSR count). The Balaban J connectivity index is 1.88. The van der Waals surface area contributed by atoms with Gasteiger partial charge in [-0.15, -0.1) is 0 Å². The minimum atomic E-state index is -0.406. The van der Waals surface area contributed by atoms with Crippen LogP contribution < -0.4 is 9.64 Å². The molecule has 0 radical (unpaired) electrons. The Morgan fingerprint density at radius 3 is 2.62 bits per heavy atom. The van der Waals surface area contributed by atoms with E-state index in [9.17, 15) is 9.18 Å². The Hall–Kier alpha value is -1.43. The molecule has 0 aromatic heterocycles. The highest BCUT2D eigenvalue weighted by molar-refractivity contribution is 8.14. The van der Waals surface area contributed by atoms with Crippen molar-refractivity contribution in [2.45, 2.75) is 12.5 Å². The number of halogens is 3. The van der Waals surface area contributed by atoms with Crippen molar-refractivity contribution in [2.75, 3.05) is 17.8 Å². The van der Waals surface area contributed by atoms with Gasteiger partial charge in [0.25, 0.3) is 5.24 Å². The smallest absolute Gasteiger partial charge is 0.286 e. The van der Waals surface area contributed by atoms with Crippen LogP contribution in [0.1, 0.15) is 5.56 Å². The molecule has 1 saturated heterocycles. The van der Waals surface area contributed by atoms with Crippen LogP contribution in [0.3, 0.4) is 0 Å². The van der Waals surface area contributed by atoms with Gasteiger partial charge in [-0.1, -0.05) is 41.0 Å². The van der Waals surface area contributed by atoms with Crippen molar-refractivity contribution in [2.24, 2.45) is 0 Å². The van der Waals surface area contributed by atoms with Gasteiger partial charge in [0.1, 0.15) is 0 Å². The summed E-state index contributed by atoms with van der Waals surface area (Å²) in [4.78, 5) is 14.0. The molecule has 1 heterocycles. The number of nitrogens with zero attached hydrogens (tertiary/aromatic N) is 1. The van der Waals surface area contributed by atoms with Crippen molar-refractivity contribution in [1.29, 1.82) is 0 Å². The molecule has 126 valence electrons. The molecule has 2 aromatic rings. The van der Waals surface area contributed by atoms with E-state index in [1.807, 2.05) is 0 Å². The summed E-state index contributed by atoms with van der Waals surface area (Å²) in [7, 11) is 1.43. The predicted octanol–water partition coefficient (Wildman–Crippen LogP) is 5.43. The van der Waals surface area contributed by atoms with E-state index >= 15 is 0 Å². The summed E-state index contributed by atoms with van der Waals surface area (Å²) in [5.74, 6) is 0.432. The van der Waals surface area contributed by atoms with Crippen LogP contribution >= 0.6 is 35.0 Å². The Labute approximate surface area is 153 Å². The van der Waals surface area contributed by atoms with Crippen molar-refractivity contribution in [3.63, 3.8) is 0 Å². The predicted molar refractivity (Wildman–Crippen MR) is 97.2 cm³/mol. The Morgan fingerprint density at radius 2 is 1.96 bits per heavy atom. The van der Waals surface area contributed by atoms with Crippen LogP contribution in [0.5, 0.6) is 5.75 Å². The maximum Gasteiger partial charge on any atom is 0.286 e. The number of methoxy groups -OCH3 is 1. The summed E-state index contributed by atoms with van der Waals surface area (Å²) in [5.41, 5.74) is 1.56. The van der Waals surface area contributed by atoms with Crippen LogP contribution in [0.15, 0.2) is 36.4 Å². The lowest BCUT2D eigenvalue weighted by Crippen LogP contribution is -2.34. The van der Waals surface area contributed by atoms with E-state index in [2.05, 4.69) is 0 Å². The number of carbonyl (C=O) groups is 1. The van der Waals surface area contributed by atoms with Gasteiger partial charge >= 0.3 is 0 Å². The summed E-state index contributed by atoms with van der Waals surface area (Å²) in [6, 6.07) is 9.73. The molecular weight excluding hydrogens is 372 g/mol. The van der Waals surface area contributed by atoms with Crippen LogP contribution in [-0.2, 0) is 6.42 Å². The number of anilines is 1. The van der Waals surface area contributed by atoms with Gasteiger partial charge in [-0.2, -0.15) is 0 Å². The van der Waals surface area contributed by atoms with Crippen LogP contribution in [0, 0.1) is 5.82 Å². The first-order chi connectivity index (χ1) is 11.5. The van der Waals surface area contributed by atoms with Gasteiger partial charge in [0.15, 0.2) is 11.6 Å². The molecule has 0 saturated carbocycles. The largest absolute Gasteiger partial charge is 0.494 e. The monoisotopic (exact) mass is 385 g/mol. The molecule has 2 aromatic carbocycles. The first kappa shape index (κ1) is 17.4. The lowest BCUT2D eigenvalue weighted by Gasteiger charge is -2.24. The second-order valence-corrected chi connectivity index (χ2v) is 7.25. The van der Waals surface area contributed by atoms with E-state index in [0.29, 0.717) is 27.9 Å². The van der Waals surface area contributed by atoms with Crippen molar-refractivity contribution in [1.82, 2.24) is 0 Å². The minimum absolute atomic E-state index is 0.0487. The van der Waals surface area contributed by atoms with Crippen molar-refractivity contribution >= 4 is 45.9 Å². The zero-order chi connectivity index (χ0) is 17.3. The number of benzene rings is 2. The average molecular weight is 386 g/mol. The van der Waals surface area contributed by atoms with Gasteiger partial charge < -0.3 is 4.74 Å². The SMILES string of the molecule is COc1cc(C[C@H]2CSC(=O)N2c2cc(Cl)cc(Cl)c2)ccc1F. The standard InChI is InChI=1S/C17H14Cl2FNO2S/c1-23-16-5-10(2-3-15(16)20)4-14-9-24-17(22)21(14)13-7-11(18)6-12(19)8-13/h2-3,5-8,14H,4,9H2,1H3/t14-/m0/s1. The highest BCUT2D eigenvalue weighted by Gasteiger charge is 2.33. The molecule has 24 heavy (non-hydrogen) atoms. The number of hydrogen-bond acceptors (Lipinski definition) is 3. The van der Waals surface area contributed by atoms with Gasteiger partial charge in [0.2, 0.25) is 0 Å². The molecule has 0 N–H and O–H groups in total. The van der Waals surface area contributed by atoms with Gasteiger partial charge in [-0.05, 0) is 42.3 Å².